The Morgan fingerprint density at radius 3 is 2.07 bits per heavy atom. The van der Waals surface area contributed by atoms with E-state index in [1.807, 2.05) is 21.1 Å². The topological polar surface area (TPSA) is 99.1 Å². The van der Waals surface area contributed by atoms with Gasteiger partial charge in [0.05, 0.1) is 34.4 Å². The zero-order chi connectivity index (χ0) is 23.0. The highest BCUT2D eigenvalue weighted by molar-refractivity contribution is 5.72. The Kier molecular flexibility index (Phi) is 15.2. The maximum absolute atomic E-state index is 12.1. The summed E-state index contributed by atoms with van der Waals surface area (Å²) in [7, 11) is 5.44. The number of rotatable bonds is 18. The van der Waals surface area contributed by atoms with Gasteiger partial charge in [0.1, 0.15) is 6.61 Å². The molecule has 8 nitrogen and oxygen atoms in total. The van der Waals surface area contributed by atoms with Gasteiger partial charge in [0.2, 0.25) is 0 Å². The second-order valence-corrected chi connectivity index (χ2v) is 8.62. The molecule has 0 aliphatic rings. The monoisotopic (exact) mass is 432 g/mol. The van der Waals surface area contributed by atoms with Crippen LogP contribution in [-0.4, -0.2) is 80.6 Å². The van der Waals surface area contributed by atoms with E-state index in [4.69, 9.17) is 14.2 Å². The normalized spacial score (nSPS) is 13.5. The largest absolute Gasteiger partial charge is 0.477 e. The van der Waals surface area contributed by atoms with E-state index in [2.05, 4.69) is 6.92 Å². The fraction of sp³-hybridized carbons (Fsp3) is 0.864. The summed E-state index contributed by atoms with van der Waals surface area (Å²) in [6.45, 7) is 3.66. The second kappa shape index (κ2) is 16.1. The Morgan fingerprint density at radius 2 is 1.53 bits per heavy atom. The van der Waals surface area contributed by atoms with Crippen LogP contribution < -0.4 is 0 Å². The van der Waals surface area contributed by atoms with Gasteiger partial charge in [-0.25, -0.2) is 4.79 Å². The molecule has 0 rings (SSSR count). The van der Waals surface area contributed by atoms with Crippen LogP contribution in [0, 0.1) is 0 Å². The summed E-state index contributed by atoms with van der Waals surface area (Å²) >= 11 is 0. The summed E-state index contributed by atoms with van der Waals surface area (Å²) in [4.78, 5) is 34.6. The highest BCUT2D eigenvalue weighted by atomic mass is 16.6. The van der Waals surface area contributed by atoms with Crippen LogP contribution in [0.4, 0.5) is 0 Å². The molecule has 1 N–H and O–H groups in total. The predicted octanol–water partition coefficient (Wildman–Crippen LogP) is 3.17. The Balaban J connectivity index is 4.31. The van der Waals surface area contributed by atoms with E-state index >= 15 is 0 Å². The lowest BCUT2D eigenvalue weighted by atomic mass is 10.1. The average molecular weight is 433 g/mol. The van der Waals surface area contributed by atoms with Gasteiger partial charge < -0.3 is 23.8 Å². The van der Waals surface area contributed by atoms with Gasteiger partial charge >= 0.3 is 17.9 Å². The number of quaternary nitrogens is 1. The molecular formula is C22H42NO7+. The fourth-order valence-electron chi connectivity index (χ4n) is 3.05. The van der Waals surface area contributed by atoms with Gasteiger partial charge in [0, 0.05) is 19.8 Å². The number of aliphatic carboxylic acids is 1. The van der Waals surface area contributed by atoms with Gasteiger partial charge in [0.15, 0.2) is 12.1 Å². The number of nitrogens with zero attached hydrogens (tertiary/aromatic N) is 1. The molecule has 0 heterocycles. The van der Waals surface area contributed by atoms with Crippen molar-refractivity contribution in [2.75, 3.05) is 41.0 Å². The first kappa shape index (κ1) is 28.3. The van der Waals surface area contributed by atoms with Crippen molar-refractivity contribution in [2.45, 2.75) is 83.8 Å². The van der Waals surface area contributed by atoms with Gasteiger partial charge in [-0.2, -0.15) is 0 Å². The number of hydrogen-bond donors (Lipinski definition) is 1. The smallest absolute Gasteiger partial charge is 0.362 e. The third-order valence-corrected chi connectivity index (χ3v) is 4.81. The first-order chi connectivity index (χ1) is 14.1. The Hall–Kier alpha value is -1.67. The lowest BCUT2D eigenvalue weighted by molar-refractivity contribution is -0.887. The molecule has 0 radical (unpaired) electrons. The molecule has 0 aromatic heterocycles. The number of carboxylic acids is 1. The lowest BCUT2D eigenvalue weighted by Crippen LogP contribution is -2.50. The molecule has 0 saturated heterocycles. The number of carbonyl (C=O) groups is 3. The minimum atomic E-state index is -0.885. The molecule has 0 saturated carbocycles. The number of ether oxygens (including phenoxy) is 3. The summed E-state index contributed by atoms with van der Waals surface area (Å²) in [5.41, 5.74) is 0. The number of hydrogen-bond acceptors (Lipinski definition) is 6. The van der Waals surface area contributed by atoms with Crippen molar-refractivity contribution in [1.82, 2.24) is 0 Å². The van der Waals surface area contributed by atoms with Crippen LogP contribution in [0.5, 0.6) is 0 Å². The number of carbonyl (C=O) groups excluding carboxylic acids is 2. The maximum atomic E-state index is 12.1. The first-order valence-electron chi connectivity index (χ1n) is 11.0. The second-order valence-electron chi connectivity index (χ2n) is 8.62. The third kappa shape index (κ3) is 15.2. The SMILES string of the molecule is CCCCCCCCCC(=O)OC(COCCC(C(=O)O)[N+](C)(C)C)COC(C)=O. The Morgan fingerprint density at radius 1 is 0.933 bits per heavy atom. The van der Waals surface area contributed by atoms with E-state index in [0.29, 0.717) is 12.8 Å². The molecule has 0 spiro atoms. The van der Waals surface area contributed by atoms with E-state index in [-0.39, 0.29) is 30.3 Å². The van der Waals surface area contributed by atoms with Crippen LogP contribution in [0.3, 0.4) is 0 Å². The highest BCUT2D eigenvalue weighted by Crippen LogP contribution is 2.11. The van der Waals surface area contributed by atoms with Crippen molar-refractivity contribution in [3.8, 4) is 0 Å². The van der Waals surface area contributed by atoms with Gasteiger partial charge in [-0.15, -0.1) is 0 Å². The molecule has 176 valence electrons. The molecule has 0 amide bonds. The number of carboxylic acid groups (broad SMARTS) is 1. The van der Waals surface area contributed by atoms with Crippen molar-refractivity contribution < 1.29 is 38.2 Å². The zero-order valence-corrected chi connectivity index (χ0v) is 19.5. The van der Waals surface area contributed by atoms with Gasteiger partial charge in [-0.3, -0.25) is 9.59 Å². The third-order valence-electron chi connectivity index (χ3n) is 4.81. The summed E-state index contributed by atoms with van der Waals surface area (Å²) < 4.78 is 16.2. The molecule has 0 aliphatic carbocycles. The number of unbranched alkanes of at least 4 members (excludes halogenated alkanes) is 6. The standard InChI is InChI=1S/C22H41NO7/c1-6-7-8-9-10-11-12-13-21(25)30-19(17-29-18(2)24)16-28-15-14-20(22(26)27)23(3,4)5/h19-20H,6-17H2,1-5H3/p+1. The quantitative estimate of drug-likeness (QED) is 0.202. The number of esters is 2. The Bertz CT molecular complexity index is 502. The fourth-order valence-corrected chi connectivity index (χ4v) is 3.05. The molecule has 8 heteroatoms. The van der Waals surface area contributed by atoms with Crippen LogP contribution in [0.15, 0.2) is 0 Å². The van der Waals surface area contributed by atoms with Crippen LogP contribution in [0.1, 0.15) is 71.6 Å². The number of likely N-dealkylation sites (N-methyl/N-ethyl adjacent to an activating group) is 1. The van der Waals surface area contributed by atoms with Crippen molar-refractivity contribution in [3.63, 3.8) is 0 Å². The Labute approximate surface area is 181 Å². The molecule has 0 fully saturated rings. The summed E-state index contributed by atoms with van der Waals surface area (Å²) in [5, 5.41) is 9.35. The van der Waals surface area contributed by atoms with Crippen LogP contribution in [-0.2, 0) is 28.6 Å². The van der Waals surface area contributed by atoms with Crippen molar-refractivity contribution >= 4 is 17.9 Å². The summed E-state index contributed by atoms with van der Waals surface area (Å²) in [5.74, 6) is -1.68. The zero-order valence-electron chi connectivity index (χ0n) is 19.5. The molecule has 0 aromatic carbocycles. The minimum Gasteiger partial charge on any atom is -0.477 e. The van der Waals surface area contributed by atoms with Crippen molar-refractivity contribution in [3.05, 3.63) is 0 Å². The van der Waals surface area contributed by atoms with E-state index in [1.165, 1.54) is 32.6 Å². The predicted molar refractivity (Wildman–Crippen MR) is 114 cm³/mol. The van der Waals surface area contributed by atoms with E-state index in [1.54, 1.807) is 0 Å². The minimum absolute atomic E-state index is 0.0551. The lowest BCUT2D eigenvalue weighted by Gasteiger charge is -2.31. The summed E-state index contributed by atoms with van der Waals surface area (Å²) in [6, 6.07) is -0.600. The highest BCUT2D eigenvalue weighted by Gasteiger charge is 2.31. The maximum Gasteiger partial charge on any atom is 0.362 e. The van der Waals surface area contributed by atoms with Gasteiger partial charge in [-0.05, 0) is 6.42 Å². The first-order valence-corrected chi connectivity index (χ1v) is 11.0. The molecule has 30 heavy (non-hydrogen) atoms. The van der Waals surface area contributed by atoms with E-state index in [0.717, 1.165) is 19.3 Å². The molecular weight excluding hydrogens is 390 g/mol. The molecule has 0 aliphatic heterocycles. The van der Waals surface area contributed by atoms with Crippen LogP contribution in [0.2, 0.25) is 0 Å². The molecule has 2 atom stereocenters. The van der Waals surface area contributed by atoms with Crippen molar-refractivity contribution in [2.24, 2.45) is 0 Å². The molecule has 2 unspecified atom stereocenters. The van der Waals surface area contributed by atoms with Gasteiger partial charge in [-0.1, -0.05) is 45.4 Å². The van der Waals surface area contributed by atoms with Gasteiger partial charge in [0.25, 0.3) is 0 Å². The molecule has 0 bridgehead atoms. The van der Waals surface area contributed by atoms with Crippen LogP contribution >= 0.6 is 0 Å². The summed E-state index contributed by atoms with van der Waals surface area (Å²) in [6.07, 6.45) is 7.73. The van der Waals surface area contributed by atoms with E-state index in [9.17, 15) is 19.5 Å². The average Bonchev–Trinajstić information content (AvgIpc) is 2.63. The van der Waals surface area contributed by atoms with Crippen molar-refractivity contribution in [1.29, 1.82) is 0 Å². The molecule has 0 aromatic rings. The van der Waals surface area contributed by atoms with E-state index < -0.39 is 24.1 Å². The van der Waals surface area contributed by atoms with Crippen LogP contribution in [0.25, 0.3) is 0 Å².